The van der Waals surface area contributed by atoms with Crippen LogP contribution < -0.4 is 10.6 Å². The number of ether oxygens (including phenoxy) is 1. The summed E-state index contributed by atoms with van der Waals surface area (Å²) >= 11 is 1.57. The van der Waals surface area contributed by atoms with E-state index in [1.54, 1.807) is 16.8 Å². The van der Waals surface area contributed by atoms with Gasteiger partial charge in [0.1, 0.15) is 0 Å². The van der Waals surface area contributed by atoms with Crippen LogP contribution in [0.25, 0.3) is 0 Å². The highest BCUT2D eigenvalue weighted by molar-refractivity contribution is 7.09. The van der Waals surface area contributed by atoms with Crippen LogP contribution in [0.4, 0.5) is 0 Å². The third-order valence-electron chi connectivity index (χ3n) is 2.71. The minimum atomic E-state index is 0. The lowest BCUT2D eigenvalue weighted by Crippen LogP contribution is -2.41. The normalized spacial score (nSPS) is 18.1. The number of nitrogens with one attached hydrogen (secondary N) is 2. The molecule has 1 aliphatic rings. The van der Waals surface area contributed by atoms with Crippen LogP contribution in [0.5, 0.6) is 0 Å². The van der Waals surface area contributed by atoms with Crippen LogP contribution in [0, 0.1) is 6.92 Å². The summed E-state index contributed by atoms with van der Waals surface area (Å²) in [5.74, 6) is 0.0338. The average molecular weight is 328 g/mol. The zero-order valence-electron chi connectivity index (χ0n) is 10.7. The number of thiazole rings is 1. The Bertz CT molecular complexity index is 384. The van der Waals surface area contributed by atoms with Gasteiger partial charge >= 0.3 is 0 Å². The van der Waals surface area contributed by atoms with E-state index in [0.29, 0.717) is 19.6 Å². The summed E-state index contributed by atoms with van der Waals surface area (Å²) in [4.78, 5) is 16.9. The molecule has 1 saturated heterocycles. The number of morpholine rings is 1. The van der Waals surface area contributed by atoms with Crippen LogP contribution >= 0.6 is 36.2 Å². The summed E-state index contributed by atoms with van der Waals surface area (Å²) in [5, 5.41) is 6.10. The third kappa shape index (κ3) is 6.05. The number of hydrogen-bond acceptors (Lipinski definition) is 5. The minimum absolute atomic E-state index is 0. The summed E-state index contributed by atoms with van der Waals surface area (Å²) < 4.78 is 5.48. The highest BCUT2D eigenvalue weighted by Gasteiger charge is 2.17. The zero-order valence-corrected chi connectivity index (χ0v) is 13.1. The number of aryl methyl sites for hydroxylation is 1. The molecule has 1 aromatic heterocycles. The number of rotatable bonds is 4. The van der Waals surface area contributed by atoms with Gasteiger partial charge in [-0.15, -0.1) is 36.2 Å². The first kappa shape index (κ1) is 18.6. The second kappa shape index (κ2) is 9.50. The summed E-state index contributed by atoms with van der Waals surface area (Å²) in [6.45, 7) is 4.83. The fraction of sp³-hybridized carbons (Fsp3) is 0.636. The van der Waals surface area contributed by atoms with Crippen molar-refractivity contribution in [2.75, 3.05) is 19.7 Å². The Morgan fingerprint density at radius 1 is 1.63 bits per heavy atom. The Hall–Kier alpha value is -0.400. The van der Waals surface area contributed by atoms with Gasteiger partial charge in [-0.3, -0.25) is 4.79 Å². The van der Waals surface area contributed by atoms with Crippen molar-refractivity contribution in [2.45, 2.75) is 26.0 Å². The number of amides is 1. The maximum Gasteiger partial charge on any atom is 0.222 e. The van der Waals surface area contributed by atoms with E-state index in [4.69, 9.17) is 4.74 Å². The molecule has 1 aliphatic heterocycles. The third-order valence-corrected chi connectivity index (χ3v) is 3.64. The number of carbonyl (C=O) groups excluding carboxylic acids is 1. The smallest absolute Gasteiger partial charge is 0.222 e. The highest BCUT2D eigenvalue weighted by Crippen LogP contribution is 2.11. The quantitative estimate of drug-likeness (QED) is 0.874. The molecule has 2 N–H and O–H groups in total. The van der Waals surface area contributed by atoms with Gasteiger partial charge in [0.2, 0.25) is 5.91 Å². The molecule has 1 atom stereocenters. The van der Waals surface area contributed by atoms with E-state index in [2.05, 4.69) is 15.6 Å². The predicted octanol–water partition coefficient (Wildman–Crippen LogP) is 1.29. The van der Waals surface area contributed by atoms with Gasteiger partial charge in [-0.2, -0.15) is 0 Å². The van der Waals surface area contributed by atoms with Gasteiger partial charge in [-0.1, -0.05) is 0 Å². The molecule has 1 fully saturated rings. The van der Waals surface area contributed by atoms with E-state index in [-0.39, 0.29) is 36.8 Å². The van der Waals surface area contributed by atoms with Gasteiger partial charge in [0, 0.05) is 18.0 Å². The largest absolute Gasteiger partial charge is 0.375 e. The first-order chi connectivity index (χ1) is 8.25. The molecule has 0 aromatic carbocycles. The maximum atomic E-state index is 11.7. The van der Waals surface area contributed by atoms with E-state index in [1.807, 2.05) is 6.92 Å². The van der Waals surface area contributed by atoms with Crippen LogP contribution in [0.1, 0.15) is 17.0 Å². The molecule has 0 bridgehead atoms. The van der Waals surface area contributed by atoms with Gasteiger partial charge in [0.05, 0.1) is 36.9 Å². The molecule has 2 rings (SSSR count). The van der Waals surface area contributed by atoms with Gasteiger partial charge in [-0.25, -0.2) is 4.98 Å². The predicted molar refractivity (Wildman–Crippen MR) is 80.4 cm³/mol. The zero-order chi connectivity index (χ0) is 12.1. The Kier molecular flexibility index (Phi) is 9.30. The number of nitrogens with zero attached hydrogens (tertiary/aromatic N) is 1. The summed E-state index contributed by atoms with van der Waals surface area (Å²) in [6, 6.07) is 0. The fourth-order valence-corrected chi connectivity index (χ4v) is 2.42. The second-order valence-corrected chi connectivity index (χ2v) is 4.98. The first-order valence-electron chi connectivity index (χ1n) is 5.73. The molecule has 0 radical (unpaired) electrons. The van der Waals surface area contributed by atoms with Gasteiger partial charge < -0.3 is 15.4 Å². The molecule has 0 aliphatic carbocycles. The summed E-state index contributed by atoms with van der Waals surface area (Å²) in [7, 11) is 0. The monoisotopic (exact) mass is 327 g/mol. The van der Waals surface area contributed by atoms with E-state index < -0.39 is 0 Å². The molecule has 8 heteroatoms. The Balaban J connectivity index is 0.00000162. The summed E-state index contributed by atoms with van der Waals surface area (Å²) in [5.41, 5.74) is 2.79. The van der Waals surface area contributed by atoms with Gasteiger partial charge in [0.25, 0.3) is 0 Å². The average Bonchev–Trinajstić information content (AvgIpc) is 2.74. The van der Waals surface area contributed by atoms with Crippen LogP contribution in [-0.2, 0) is 16.1 Å². The number of carbonyl (C=O) groups is 1. The lowest BCUT2D eigenvalue weighted by molar-refractivity contribution is -0.124. The van der Waals surface area contributed by atoms with Crippen LogP contribution in [0.2, 0.25) is 0 Å². The maximum absolute atomic E-state index is 11.7. The molecule has 5 nitrogen and oxygen atoms in total. The Labute approximate surface area is 129 Å². The summed E-state index contributed by atoms with van der Waals surface area (Å²) in [6.07, 6.45) is 0.427. The molecule has 0 saturated carbocycles. The van der Waals surface area contributed by atoms with Gasteiger partial charge in [-0.05, 0) is 6.92 Å². The fourth-order valence-electron chi connectivity index (χ4n) is 1.70. The van der Waals surface area contributed by atoms with Crippen molar-refractivity contribution in [3.05, 3.63) is 16.1 Å². The van der Waals surface area contributed by atoms with E-state index in [1.165, 1.54) is 0 Å². The van der Waals surface area contributed by atoms with E-state index >= 15 is 0 Å². The lowest BCUT2D eigenvalue weighted by Gasteiger charge is -2.22. The number of halogens is 2. The van der Waals surface area contributed by atoms with Crippen molar-refractivity contribution >= 4 is 42.1 Å². The molecule has 1 aromatic rings. The second-order valence-electron chi connectivity index (χ2n) is 4.04. The van der Waals surface area contributed by atoms with Crippen LogP contribution in [0.15, 0.2) is 5.51 Å². The minimum Gasteiger partial charge on any atom is -0.375 e. The van der Waals surface area contributed by atoms with Crippen molar-refractivity contribution in [3.8, 4) is 0 Å². The van der Waals surface area contributed by atoms with Crippen molar-refractivity contribution in [2.24, 2.45) is 0 Å². The molecule has 1 amide bonds. The lowest BCUT2D eigenvalue weighted by atomic mass is 10.2. The van der Waals surface area contributed by atoms with Crippen molar-refractivity contribution in [3.63, 3.8) is 0 Å². The highest BCUT2D eigenvalue weighted by atomic mass is 35.5. The number of aromatic nitrogens is 1. The van der Waals surface area contributed by atoms with Crippen molar-refractivity contribution in [1.82, 2.24) is 15.6 Å². The molecule has 1 unspecified atom stereocenters. The molecule has 110 valence electrons. The Morgan fingerprint density at radius 3 is 3.00 bits per heavy atom. The van der Waals surface area contributed by atoms with E-state index in [9.17, 15) is 4.79 Å². The topological polar surface area (TPSA) is 63.2 Å². The molecular weight excluding hydrogens is 309 g/mol. The van der Waals surface area contributed by atoms with E-state index in [0.717, 1.165) is 23.7 Å². The van der Waals surface area contributed by atoms with Crippen LogP contribution in [0.3, 0.4) is 0 Å². The molecule has 19 heavy (non-hydrogen) atoms. The Morgan fingerprint density at radius 2 is 2.42 bits per heavy atom. The van der Waals surface area contributed by atoms with Crippen molar-refractivity contribution < 1.29 is 9.53 Å². The molecule has 0 spiro atoms. The first-order valence-corrected chi connectivity index (χ1v) is 6.61. The standard InChI is InChI=1S/C11H17N3O2S.2ClH/c1-8-10(17-7-14-8)6-13-11(15)4-9-5-12-2-3-16-9;;/h7,9,12H,2-6H2,1H3,(H,13,15);2*1H. The number of hydrogen-bond donors (Lipinski definition) is 2. The van der Waals surface area contributed by atoms with Crippen molar-refractivity contribution in [1.29, 1.82) is 0 Å². The molecule has 2 heterocycles. The SMILES string of the molecule is Cc1ncsc1CNC(=O)CC1CNCCO1.Cl.Cl. The molecular formula is C11H19Cl2N3O2S. The van der Waals surface area contributed by atoms with Crippen LogP contribution in [-0.4, -0.2) is 36.7 Å². The van der Waals surface area contributed by atoms with Gasteiger partial charge in [0.15, 0.2) is 0 Å².